The molecule has 10 N–H and O–H groups in total. The predicted octanol–water partition coefficient (Wildman–Crippen LogP) is -1.92. The molecule has 0 spiro atoms. The van der Waals surface area contributed by atoms with Crippen LogP contribution in [0.3, 0.4) is 0 Å². The smallest absolute Gasteiger partial charge is 0.326 e. The first-order valence-corrected chi connectivity index (χ1v) is 11.2. The number of H-pyrrole nitrogens is 1. The molecule has 0 bridgehead atoms. The summed E-state index contributed by atoms with van der Waals surface area (Å²) in [6, 6.07) is -4.99. The maximum absolute atomic E-state index is 13.0. The van der Waals surface area contributed by atoms with Gasteiger partial charge in [0.15, 0.2) is 0 Å². The predicted molar refractivity (Wildman–Crippen MR) is 124 cm³/mol. The van der Waals surface area contributed by atoms with Gasteiger partial charge in [-0.2, -0.15) is 0 Å². The number of carbonyl (C=O) groups excluding carboxylic acids is 3. The Kier molecular flexibility index (Phi) is 12.4. The number of hydrogen-bond donors (Lipinski definition) is 8. The largest absolute Gasteiger partial charge is 0.481 e. The molecule has 14 nitrogen and oxygen atoms in total. The van der Waals surface area contributed by atoms with Gasteiger partial charge in [-0.25, -0.2) is 9.78 Å². The van der Waals surface area contributed by atoms with Crippen molar-refractivity contribution in [1.82, 2.24) is 25.9 Å². The molecule has 3 amide bonds. The molecule has 1 heterocycles. The summed E-state index contributed by atoms with van der Waals surface area (Å²) in [5, 5.41) is 25.6. The van der Waals surface area contributed by atoms with Gasteiger partial charge < -0.3 is 42.6 Å². The van der Waals surface area contributed by atoms with E-state index in [9.17, 15) is 34.2 Å². The summed E-state index contributed by atoms with van der Waals surface area (Å²) in [4.78, 5) is 67.6. The Labute approximate surface area is 202 Å². The second kappa shape index (κ2) is 14.7. The molecule has 0 fully saturated rings. The second-order valence-electron chi connectivity index (χ2n) is 8.46. The third-order valence-corrected chi connectivity index (χ3v) is 5.16. The van der Waals surface area contributed by atoms with Crippen LogP contribution in [0, 0.1) is 5.92 Å². The topological polar surface area (TPSA) is 243 Å². The van der Waals surface area contributed by atoms with Crippen LogP contribution in [0.4, 0.5) is 0 Å². The van der Waals surface area contributed by atoms with E-state index in [-0.39, 0.29) is 6.42 Å². The van der Waals surface area contributed by atoms with Gasteiger partial charge >= 0.3 is 11.9 Å². The summed E-state index contributed by atoms with van der Waals surface area (Å²) < 4.78 is 0. The van der Waals surface area contributed by atoms with Gasteiger partial charge in [-0.15, -0.1) is 0 Å². The Balaban J connectivity index is 3.02. The van der Waals surface area contributed by atoms with Crippen molar-refractivity contribution in [1.29, 1.82) is 0 Å². The molecule has 0 saturated carbocycles. The number of carboxylic acids is 2. The highest BCUT2D eigenvalue weighted by Gasteiger charge is 2.32. The van der Waals surface area contributed by atoms with Gasteiger partial charge in [0.05, 0.1) is 18.8 Å². The number of aromatic amines is 1. The number of nitrogens with zero attached hydrogens (tertiary/aromatic N) is 1. The highest BCUT2D eigenvalue weighted by molar-refractivity contribution is 5.95. The SMILES string of the molecule is CC(C)C(NC(=O)C(CC(=O)O)NC(=O)C(Cc1cnc[nH]1)NC(=O)C(N)CCCCN)C(=O)O. The van der Waals surface area contributed by atoms with Gasteiger partial charge in [0.25, 0.3) is 0 Å². The minimum atomic E-state index is -1.58. The number of hydrogen-bond acceptors (Lipinski definition) is 8. The molecular weight excluding hydrogens is 462 g/mol. The molecule has 0 aliphatic carbocycles. The van der Waals surface area contributed by atoms with Gasteiger partial charge in [-0.1, -0.05) is 20.3 Å². The second-order valence-corrected chi connectivity index (χ2v) is 8.46. The lowest BCUT2D eigenvalue weighted by atomic mass is 10.0. The fourth-order valence-electron chi connectivity index (χ4n) is 3.17. The summed E-state index contributed by atoms with van der Waals surface area (Å²) in [6.45, 7) is 3.58. The quantitative estimate of drug-likeness (QED) is 0.118. The third kappa shape index (κ3) is 10.5. The highest BCUT2D eigenvalue weighted by atomic mass is 16.4. The van der Waals surface area contributed by atoms with Crippen LogP contribution in [0.15, 0.2) is 12.5 Å². The standard InChI is InChI=1S/C21H35N7O7/c1-11(2)17(21(34)35)28-20(33)15(8-16(29)30)27-19(32)14(7-12-9-24-10-25-12)26-18(31)13(23)5-3-4-6-22/h9-11,13-15,17H,3-8,22-23H2,1-2H3,(H,24,25)(H,26,31)(H,27,32)(H,28,33)(H,29,30)(H,34,35). The number of aliphatic carboxylic acids is 2. The number of carbonyl (C=O) groups is 5. The monoisotopic (exact) mass is 497 g/mol. The molecule has 14 heteroatoms. The minimum Gasteiger partial charge on any atom is -0.481 e. The lowest BCUT2D eigenvalue weighted by molar-refractivity contribution is -0.144. The van der Waals surface area contributed by atoms with Crippen LogP contribution in [-0.2, 0) is 30.4 Å². The van der Waals surface area contributed by atoms with E-state index >= 15 is 0 Å². The number of carboxylic acid groups (broad SMARTS) is 2. The van der Waals surface area contributed by atoms with Gasteiger partial charge in [-0.05, 0) is 25.3 Å². The van der Waals surface area contributed by atoms with Crippen molar-refractivity contribution in [3.63, 3.8) is 0 Å². The molecule has 4 atom stereocenters. The number of imidazole rings is 1. The van der Waals surface area contributed by atoms with Gasteiger partial charge in [0.1, 0.15) is 18.1 Å². The van der Waals surface area contributed by atoms with Gasteiger partial charge in [0.2, 0.25) is 17.7 Å². The van der Waals surface area contributed by atoms with E-state index in [2.05, 4.69) is 25.9 Å². The molecule has 1 aromatic rings. The minimum absolute atomic E-state index is 0.0434. The van der Waals surface area contributed by atoms with Crippen molar-refractivity contribution < 1.29 is 34.2 Å². The van der Waals surface area contributed by atoms with Crippen molar-refractivity contribution >= 4 is 29.7 Å². The van der Waals surface area contributed by atoms with Crippen LogP contribution in [0.1, 0.15) is 45.2 Å². The molecule has 0 aromatic carbocycles. The first-order chi connectivity index (χ1) is 16.5. The fraction of sp³-hybridized carbons (Fsp3) is 0.619. The van der Waals surface area contributed by atoms with Gasteiger partial charge in [0, 0.05) is 18.3 Å². The van der Waals surface area contributed by atoms with Crippen LogP contribution < -0.4 is 27.4 Å². The normalized spacial score (nSPS) is 14.4. The Bertz CT molecular complexity index is 860. The summed E-state index contributed by atoms with van der Waals surface area (Å²) in [5.74, 6) is -5.62. The van der Waals surface area contributed by atoms with Crippen molar-refractivity contribution in [3.8, 4) is 0 Å². The van der Waals surface area contributed by atoms with E-state index in [0.717, 1.165) is 0 Å². The molecule has 0 saturated heterocycles. The van der Waals surface area contributed by atoms with Crippen molar-refractivity contribution in [2.24, 2.45) is 17.4 Å². The van der Waals surface area contributed by atoms with E-state index in [1.807, 2.05) is 0 Å². The van der Waals surface area contributed by atoms with E-state index in [0.29, 0.717) is 31.5 Å². The van der Waals surface area contributed by atoms with Crippen molar-refractivity contribution in [2.75, 3.05) is 6.54 Å². The van der Waals surface area contributed by atoms with Gasteiger partial charge in [-0.3, -0.25) is 19.2 Å². The molecule has 0 radical (unpaired) electrons. The number of rotatable bonds is 16. The maximum atomic E-state index is 13.0. The summed E-state index contributed by atoms with van der Waals surface area (Å²) in [5.41, 5.74) is 11.8. The highest BCUT2D eigenvalue weighted by Crippen LogP contribution is 2.06. The van der Waals surface area contributed by atoms with E-state index < -0.39 is 66.2 Å². The third-order valence-electron chi connectivity index (χ3n) is 5.16. The number of amides is 3. The number of nitrogens with two attached hydrogens (primary N) is 2. The van der Waals surface area contributed by atoms with Crippen LogP contribution in [0.25, 0.3) is 0 Å². The fourth-order valence-corrected chi connectivity index (χ4v) is 3.17. The zero-order valence-corrected chi connectivity index (χ0v) is 19.8. The first-order valence-electron chi connectivity index (χ1n) is 11.2. The molecule has 196 valence electrons. The van der Waals surface area contributed by atoms with E-state index in [1.54, 1.807) is 13.8 Å². The zero-order chi connectivity index (χ0) is 26.5. The van der Waals surface area contributed by atoms with E-state index in [1.165, 1.54) is 12.5 Å². The summed E-state index contributed by atoms with van der Waals surface area (Å²) >= 11 is 0. The molecule has 35 heavy (non-hydrogen) atoms. The lowest BCUT2D eigenvalue weighted by Crippen LogP contribution is -2.58. The lowest BCUT2D eigenvalue weighted by Gasteiger charge is -2.25. The molecule has 1 aromatic heterocycles. The maximum Gasteiger partial charge on any atom is 0.326 e. The Morgan fingerprint density at radius 3 is 2.14 bits per heavy atom. The molecule has 1 rings (SSSR count). The molecule has 0 aliphatic rings. The zero-order valence-electron chi connectivity index (χ0n) is 19.8. The summed E-state index contributed by atoms with van der Waals surface area (Å²) in [7, 11) is 0. The average Bonchev–Trinajstić information content (AvgIpc) is 3.28. The molecule has 4 unspecified atom stereocenters. The summed E-state index contributed by atoms with van der Waals surface area (Å²) in [6.07, 6.45) is 3.61. The Hall–Kier alpha value is -3.52. The number of nitrogens with one attached hydrogen (secondary N) is 4. The Morgan fingerprint density at radius 2 is 1.63 bits per heavy atom. The van der Waals surface area contributed by atoms with Crippen LogP contribution in [0.2, 0.25) is 0 Å². The van der Waals surface area contributed by atoms with Crippen LogP contribution in [0.5, 0.6) is 0 Å². The first kappa shape index (κ1) is 29.5. The molecule has 0 aliphatic heterocycles. The van der Waals surface area contributed by atoms with E-state index in [4.69, 9.17) is 11.5 Å². The molecular formula is C21H35N7O7. The number of unbranched alkanes of at least 4 members (excludes halogenated alkanes) is 1. The van der Waals surface area contributed by atoms with Crippen molar-refractivity contribution in [3.05, 3.63) is 18.2 Å². The van der Waals surface area contributed by atoms with Crippen molar-refractivity contribution in [2.45, 2.75) is 70.1 Å². The average molecular weight is 498 g/mol. The van der Waals surface area contributed by atoms with Crippen LogP contribution >= 0.6 is 0 Å². The number of aromatic nitrogens is 2. The van der Waals surface area contributed by atoms with Crippen LogP contribution in [-0.4, -0.2) is 80.6 Å². The Morgan fingerprint density at radius 1 is 1.00 bits per heavy atom.